The topological polar surface area (TPSA) is 166 Å². The Labute approximate surface area is 196 Å². The van der Waals surface area contributed by atoms with Gasteiger partial charge in [0.25, 0.3) is 11.6 Å². The quantitative estimate of drug-likeness (QED) is 0.252. The third-order valence-electron chi connectivity index (χ3n) is 5.21. The standard InChI is InChI=1S/C25H17FO9/c26-15-4-1-12(2-5-15)7-14-9-18(20(28)11-22(30)25(34)35)23(31)17-8-13(3-6-16(14)17)19(27)10-21(29)24(32)33/h1-6,8-11,14,27-28H,7H2,(H,32,33)(H,34,35)/b19-10-,20-11-. The predicted molar refractivity (Wildman–Crippen MR) is 118 cm³/mol. The number of ketones is 3. The van der Waals surface area contributed by atoms with Gasteiger partial charge >= 0.3 is 11.9 Å². The first-order valence-corrected chi connectivity index (χ1v) is 9.99. The summed E-state index contributed by atoms with van der Waals surface area (Å²) in [4.78, 5) is 57.6. The van der Waals surface area contributed by atoms with Crippen LogP contribution in [0.2, 0.25) is 0 Å². The zero-order valence-electron chi connectivity index (χ0n) is 17.8. The third-order valence-corrected chi connectivity index (χ3v) is 5.21. The number of hydrogen-bond donors (Lipinski definition) is 4. The van der Waals surface area contributed by atoms with Crippen molar-refractivity contribution in [2.75, 3.05) is 0 Å². The maximum Gasteiger partial charge on any atom is 0.376 e. The van der Waals surface area contributed by atoms with Gasteiger partial charge in [-0.05, 0) is 35.7 Å². The van der Waals surface area contributed by atoms with Crippen LogP contribution in [0.4, 0.5) is 4.39 Å². The molecule has 1 atom stereocenters. The molecule has 0 radical (unpaired) electrons. The summed E-state index contributed by atoms with van der Waals surface area (Å²) in [6, 6.07) is 9.50. The smallest absolute Gasteiger partial charge is 0.376 e. The summed E-state index contributed by atoms with van der Waals surface area (Å²) in [6.07, 6.45) is 2.42. The number of aliphatic hydroxyl groups is 2. The number of halogens is 1. The molecule has 0 aliphatic heterocycles. The Hall–Kier alpha value is -4.86. The summed E-state index contributed by atoms with van der Waals surface area (Å²) >= 11 is 0. The number of benzene rings is 2. The van der Waals surface area contributed by atoms with E-state index in [2.05, 4.69) is 0 Å². The van der Waals surface area contributed by atoms with Crippen LogP contribution in [0.1, 0.15) is 33.0 Å². The van der Waals surface area contributed by atoms with Crippen molar-refractivity contribution in [1.29, 1.82) is 0 Å². The molecule has 1 aliphatic rings. The van der Waals surface area contributed by atoms with Crippen molar-refractivity contribution in [3.63, 3.8) is 0 Å². The molecule has 2 aromatic carbocycles. The molecular formula is C25H17FO9. The number of rotatable bonds is 8. The Morgan fingerprint density at radius 3 is 1.97 bits per heavy atom. The molecule has 1 aliphatic carbocycles. The molecule has 0 bridgehead atoms. The van der Waals surface area contributed by atoms with Crippen LogP contribution < -0.4 is 0 Å². The molecule has 1 unspecified atom stereocenters. The fraction of sp³-hybridized carbons (Fsp3) is 0.0800. The van der Waals surface area contributed by atoms with Crippen LogP contribution in [0.25, 0.3) is 5.76 Å². The molecule has 35 heavy (non-hydrogen) atoms. The minimum Gasteiger partial charge on any atom is -0.507 e. The number of carbonyl (C=O) groups excluding carboxylic acids is 3. The van der Waals surface area contributed by atoms with Gasteiger partial charge in [0.15, 0.2) is 5.78 Å². The third kappa shape index (κ3) is 5.56. The lowest BCUT2D eigenvalue weighted by atomic mass is 9.79. The second-order valence-electron chi connectivity index (χ2n) is 7.55. The van der Waals surface area contributed by atoms with Gasteiger partial charge in [-0.3, -0.25) is 14.4 Å². The fourth-order valence-corrected chi connectivity index (χ4v) is 3.53. The van der Waals surface area contributed by atoms with E-state index in [1.54, 1.807) is 0 Å². The van der Waals surface area contributed by atoms with Crippen LogP contribution >= 0.6 is 0 Å². The molecule has 0 heterocycles. The van der Waals surface area contributed by atoms with Crippen molar-refractivity contribution < 1.29 is 48.8 Å². The average Bonchev–Trinajstić information content (AvgIpc) is 2.81. The van der Waals surface area contributed by atoms with Gasteiger partial charge in [-0.15, -0.1) is 0 Å². The Morgan fingerprint density at radius 2 is 1.40 bits per heavy atom. The molecule has 0 fully saturated rings. The van der Waals surface area contributed by atoms with Crippen LogP contribution in [0.15, 0.2) is 72.0 Å². The second kappa shape index (κ2) is 9.96. The summed E-state index contributed by atoms with van der Waals surface area (Å²) < 4.78 is 13.3. The number of carboxylic acid groups (broad SMARTS) is 2. The Balaban J connectivity index is 2.11. The molecule has 3 rings (SSSR count). The van der Waals surface area contributed by atoms with E-state index in [1.165, 1.54) is 48.5 Å². The van der Waals surface area contributed by atoms with Gasteiger partial charge in [-0.1, -0.05) is 30.3 Å². The van der Waals surface area contributed by atoms with Gasteiger partial charge in [0.2, 0.25) is 0 Å². The van der Waals surface area contributed by atoms with Gasteiger partial charge in [-0.25, -0.2) is 14.0 Å². The van der Waals surface area contributed by atoms with Crippen molar-refractivity contribution in [2.24, 2.45) is 0 Å². The van der Waals surface area contributed by atoms with Crippen LogP contribution in [-0.2, 0) is 25.6 Å². The number of carboxylic acids is 2. The summed E-state index contributed by atoms with van der Waals surface area (Å²) in [5.41, 5.74) is 0.607. The highest BCUT2D eigenvalue weighted by atomic mass is 19.1. The van der Waals surface area contributed by atoms with Crippen LogP contribution in [0.3, 0.4) is 0 Å². The normalized spacial score (nSPS) is 15.7. The minimum absolute atomic E-state index is 0.0439. The van der Waals surface area contributed by atoms with Gasteiger partial charge in [-0.2, -0.15) is 0 Å². The van der Waals surface area contributed by atoms with Crippen LogP contribution in [0, 0.1) is 5.82 Å². The van der Waals surface area contributed by atoms with Crippen molar-refractivity contribution in [1.82, 2.24) is 0 Å². The molecule has 9 nitrogen and oxygen atoms in total. The number of Topliss-reactive ketones (excluding diaryl/α,β-unsaturated/α-hetero) is 1. The lowest BCUT2D eigenvalue weighted by molar-refractivity contribution is -0.146. The predicted octanol–water partition coefficient (Wildman–Crippen LogP) is 2.92. The highest BCUT2D eigenvalue weighted by Crippen LogP contribution is 2.36. The first-order chi connectivity index (χ1) is 16.5. The van der Waals surface area contributed by atoms with E-state index in [0.29, 0.717) is 23.3 Å². The molecule has 0 aromatic heterocycles. The average molecular weight is 480 g/mol. The highest BCUT2D eigenvalue weighted by molar-refractivity contribution is 6.38. The Morgan fingerprint density at radius 1 is 0.829 bits per heavy atom. The number of aliphatic hydroxyl groups excluding tert-OH is 2. The largest absolute Gasteiger partial charge is 0.507 e. The minimum atomic E-state index is -1.84. The highest BCUT2D eigenvalue weighted by Gasteiger charge is 2.30. The van der Waals surface area contributed by atoms with Crippen LogP contribution in [-0.4, -0.2) is 49.7 Å². The van der Waals surface area contributed by atoms with E-state index in [4.69, 9.17) is 10.2 Å². The van der Waals surface area contributed by atoms with E-state index in [0.717, 1.165) is 0 Å². The first-order valence-electron chi connectivity index (χ1n) is 9.99. The summed E-state index contributed by atoms with van der Waals surface area (Å²) in [7, 11) is 0. The van der Waals surface area contributed by atoms with E-state index in [1.807, 2.05) is 0 Å². The molecule has 2 aromatic rings. The molecule has 0 saturated heterocycles. The van der Waals surface area contributed by atoms with Gasteiger partial charge in [0, 0.05) is 29.2 Å². The van der Waals surface area contributed by atoms with Crippen molar-refractivity contribution in [2.45, 2.75) is 12.3 Å². The lowest BCUT2D eigenvalue weighted by Gasteiger charge is -2.24. The molecule has 4 N–H and O–H groups in total. The lowest BCUT2D eigenvalue weighted by Crippen LogP contribution is -2.20. The molecule has 10 heteroatoms. The Kier molecular flexibility index (Phi) is 7.05. The van der Waals surface area contributed by atoms with Gasteiger partial charge in [0.05, 0.1) is 5.57 Å². The number of hydrogen-bond acceptors (Lipinski definition) is 7. The maximum absolute atomic E-state index is 13.3. The molecule has 0 amide bonds. The first kappa shape index (κ1) is 24.8. The van der Waals surface area contributed by atoms with Crippen molar-refractivity contribution in [3.8, 4) is 0 Å². The summed E-state index contributed by atoms with van der Waals surface area (Å²) in [5.74, 6) is -9.96. The van der Waals surface area contributed by atoms with E-state index in [-0.39, 0.29) is 23.1 Å². The van der Waals surface area contributed by atoms with Gasteiger partial charge < -0.3 is 20.4 Å². The van der Waals surface area contributed by atoms with Gasteiger partial charge in [0.1, 0.15) is 17.3 Å². The molecule has 178 valence electrons. The second-order valence-corrected chi connectivity index (χ2v) is 7.55. The van der Waals surface area contributed by atoms with Crippen molar-refractivity contribution >= 4 is 35.0 Å². The molecule has 0 saturated carbocycles. The zero-order chi connectivity index (χ0) is 25.9. The monoisotopic (exact) mass is 480 g/mol. The Bertz CT molecular complexity index is 1350. The van der Waals surface area contributed by atoms with E-state index < -0.39 is 52.5 Å². The SMILES string of the molecule is O=C(O)C(=O)/C=C(\O)C1=CC(Cc2ccc(F)cc2)c2ccc(/C(O)=C/C(=O)C(=O)O)cc2C1=O. The number of carbonyl (C=O) groups is 5. The number of allylic oxidation sites excluding steroid dienone is 2. The van der Waals surface area contributed by atoms with Crippen molar-refractivity contribution in [3.05, 3.63) is 100 Å². The summed E-state index contributed by atoms with van der Waals surface area (Å²) in [6.45, 7) is 0. The fourth-order valence-electron chi connectivity index (χ4n) is 3.53. The zero-order valence-corrected chi connectivity index (χ0v) is 17.8. The van der Waals surface area contributed by atoms with Crippen LogP contribution in [0.5, 0.6) is 0 Å². The van der Waals surface area contributed by atoms with E-state index >= 15 is 0 Å². The van der Waals surface area contributed by atoms with E-state index in [9.17, 15) is 38.6 Å². The molecular weight excluding hydrogens is 463 g/mol. The number of fused-ring (bicyclic) bond motifs is 1. The summed E-state index contributed by atoms with van der Waals surface area (Å²) in [5, 5.41) is 38.0. The molecule has 0 spiro atoms. The number of aliphatic carboxylic acids is 2. The maximum atomic E-state index is 13.3.